The Hall–Kier alpha value is -3.61. The van der Waals surface area contributed by atoms with Crippen LogP contribution >= 0.6 is 0 Å². The second-order valence-corrected chi connectivity index (χ2v) is 7.23. The predicted molar refractivity (Wildman–Crippen MR) is 118 cm³/mol. The van der Waals surface area contributed by atoms with E-state index in [0.29, 0.717) is 0 Å². The number of nitrogens with one attached hydrogen (secondary N) is 1. The molecule has 0 atom stereocenters. The molecular formula is C23H25N5O2. The molecule has 1 N–H and O–H groups in total. The van der Waals surface area contributed by atoms with Crippen molar-refractivity contribution in [1.29, 1.82) is 0 Å². The van der Waals surface area contributed by atoms with Gasteiger partial charge in [0.05, 0.1) is 31.5 Å². The van der Waals surface area contributed by atoms with Gasteiger partial charge in [-0.1, -0.05) is 12.1 Å². The minimum atomic E-state index is 0.719. The Kier molecular flexibility index (Phi) is 5.52. The van der Waals surface area contributed by atoms with E-state index in [1.54, 1.807) is 20.5 Å². The third kappa shape index (κ3) is 3.91. The highest BCUT2D eigenvalue weighted by molar-refractivity contribution is 5.87. The first-order valence-corrected chi connectivity index (χ1v) is 9.81. The summed E-state index contributed by atoms with van der Waals surface area (Å²) in [6.45, 7) is 4.88. The van der Waals surface area contributed by atoms with Crippen LogP contribution in [0.25, 0.3) is 16.7 Å². The number of ether oxygens (including phenoxy) is 2. The Morgan fingerprint density at radius 1 is 0.933 bits per heavy atom. The summed E-state index contributed by atoms with van der Waals surface area (Å²) in [7, 11) is 3.28. The van der Waals surface area contributed by atoms with E-state index in [0.717, 1.165) is 52.6 Å². The Labute approximate surface area is 175 Å². The third-order valence-electron chi connectivity index (χ3n) is 4.97. The highest BCUT2D eigenvalue weighted by Crippen LogP contribution is 2.28. The summed E-state index contributed by atoms with van der Waals surface area (Å²) in [5, 5.41) is 8.87. The van der Waals surface area contributed by atoms with Gasteiger partial charge < -0.3 is 14.8 Å². The van der Waals surface area contributed by atoms with Crippen LogP contribution in [0.2, 0.25) is 0 Å². The fourth-order valence-electron chi connectivity index (χ4n) is 3.61. The predicted octanol–water partition coefficient (Wildman–Crippen LogP) is 4.10. The van der Waals surface area contributed by atoms with Crippen LogP contribution in [0.15, 0.2) is 48.9 Å². The number of rotatable bonds is 7. The van der Waals surface area contributed by atoms with Crippen LogP contribution in [-0.4, -0.2) is 40.5 Å². The molecule has 7 heteroatoms. The van der Waals surface area contributed by atoms with E-state index in [1.165, 1.54) is 11.1 Å². The Morgan fingerprint density at radius 2 is 1.70 bits per heavy atom. The highest BCUT2D eigenvalue weighted by atomic mass is 16.5. The van der Waals surface area contributed by atoms with Crippen molar-refractivity contribution in [2.45, 2.75) is 20.3 Å². The van der Waals surface area contributed by atoms with Crippen molar-refractivity contribution >= 4 is 16.9 Å². The van der Waals surface area contributed by atoms with Gasteiger partial charge in [-0.25, -0.2) is 14.6 Å². The summed E-state index contributed by atoms with van der Waals surface area (Å²) in [4.78, 5) is 8.89. The lowest BCUT2D eigenvalue weighted by Crippen LogP contribution is -2.07. The number of aromatic nitrogens is 4. The number of anilines is 1. The van der Waals surface area contributed by atoms with Crippen LogP contribution in [0, 0.1) is 13.8 Å². The van der Waals surface area contributed by atoms with Gasteiger partial charge in [-0.05, 0) is 61.2 Å². The van der Waals surface area contributed by atoms with Crippen molar-refractivity contribution in [3.63, 3.8) is 0 Å². The molecule has 2 heterocycles. The molecular weight excluding hydrogens is 378 g/mol. The molecule has 0 fully saturated rings. The van der Waals surface area contributed by atoms with Gasteiger partial charge in [0.15, 0.2) is 17.1 Å². The topological polar surface area (TPSA) is 74.1 Å². The lowest BCUT2D eigenvalue weighted by Gasteiger charge is -2.10. The molecule has 0 bridgehead atoms. The summed E-state index contributed by atoms with van der Waals surface area (Å²) in [5.74, 6) is 2.23. The van der Waals surface area contributed by atoms with Gasteiger partial charge in [0.2, 0.25) is 0 Å². The van der Waals surface area contributed by atoms with E-state index >= 15 is 0 Å². The zero-order chi connectivity index (χ0) is 21.1. The zero-order valence-corrected chi connectivity index (χ0v) is 17.6. The van der Waals surface area contributed by atoms with Gasteiger partial charge in [-0.3, -0.25) is 0 Å². The maximum absolute atomic E-state index is 5.38. The number of hydrogen-bond donors (Lipinski definition) is 1. The lowest BCUT2D eigenvalue weighted by atomic mass is 10.1. The maximum Gasteiger partial charge on any atom is 0.168 e. The van der Waals surface area contributed by atoms with Crippen molar-refractivity contribution in [3.8, 4) is 17.2 Å². The van der Waals surface area contributed by atoms with Crippen LogP contribution in [0.3, 0.4) is 0 Å². The fraction of sp³-hybridized carbons (Fsp3) is 0.261. The largest absolute Gasteiger partial charge is 0.493 e. The van der Waals surface area contributed by atoms with Gasteiger partial charge in [0.1, 0.15) is 12.1 Å². The molecule has 0 saturated carbocycles. The van der Waals surface area contributed by atoms with Crippen LogP contribution in [0.1, 0.15) is 16.7 Å². The van der Waals surface area contributed by atoms with E-state index < -0.39 is 0 Å². The van der Waals surface area contributed by atoms with Crippen molar-refractivity contribution < 1.29 is 9.47 Å². The van der Waals surface area contributed by atoms with E-state index in [9.17, 15) is 0 Å². The summed E-state index contributed by atoms with van der Waals surface area (Å²) >= 11 is 0. The lowest BCUT2D eigenvalue weighted by molar-refractivity contribution is 0.354. The minimum Gasteiger partial charge on any atom is -0.493 e. The summed E-state index contributed by atoms with van der Waals surface area (Å²) in [6.07, 6.45) is 4.20. The van der Waals surface area contributed by atoms with Crippen LogP contribution < -0.4 is 14.8 Å². The number of hydrogen-bond acceptors (Lipinski definition) is 6. The minimum absolute atomic E-state index is 0.719. The Morgan fingerprint density at radius 3 is 2.43 bits per heavy atom. The molecule has 4 rings (SSSR count). The molecule has 0 aliphatic carbocycles. The van der Waals surface area contributed by atoms with Crippen LogP contribution in [0.5, 0.6) is 11.5 Å². The SMILES string of the molecule is COc1ccc(CCNc2ncnc3c2cnn3-c2cc(C)cc(C)c2)cc1OC. The molecule has 0 spiro atoms. The second kappa shape index (κ2) is 8.41. The van der Waals surface area contributed by atoms with E-state index in [-0.39, 0.29) is 0 Å². The third-order valence-corrected chi connectivity index (χ3v) is 4.97. The average molecular weight is 403 g/mol. The number of nitrogens with zero attached hydrogens (tertiary/aromatic N) is 4. The van der Waals surface area contributed by atoms with E-state index in [2.05, 4.69) is 52.4 Å². The number of fused-ring (bicyclic) bond motifs is 1. The second-order valence-electron chi connectivity index (χ2n) is 7.23. The molecule has 2 aromatic heterocycles. The molecule has 0 unspecified atom stereocenters. The average Bonchev–Trinajstić information content (AvgIpc) is 3.18. The standard InChI is InChI=1S/C23H25N5O2/c1-15-9-16(2)11-18(10-15)28-23-19(13-27-28)22(25-14-26-23)24-8-7-17-5-6-20(29-3)21(12-17)30-4/h5-6,9-14H,7-8H2,1-4H3,(H,24,25,26). The van der Waals surface area contributed by atoms with Crippen LogP contribution in [-0.2, 0) is 6.42 Å². The fourth-order valence-corrected chi connectivity index (χ4v) is 3.61. The molecule has 0 saturated heterocycles. The molecule has 154 valence electrons. The van der Waals surface area contributed by atoms with Crippen molar-refractivity contribution in [2.75, 3.05) is 26.1 Å². The molecule has 30 heavy (non-hydrogen) atoms. The van der Waals surface area contributed by atoms with Gasteiger partial charge in [0.25, 0.3) is 0 Å². The smallest absolute Gasteiger partial charge is 0.168 e. The van der Waals surface area contributed by atoms with Crippen molar-refractivity contribution in [1.82, 2.24) is 19.7 Å². The van der Waals surface area contributed by atoms with Crippen molar-refractivity contribution in [3.05, 3.63) is 65.6 Å². The van der Waals surface area contributed by atoms with Crippen LogP contribution in [0.4, 0.5) is 5.82 Å². The van der Waals surface area contributed by atoms with Crippen molar-refractivity contribution in [2.24, 2.45) is 0 Å². The molecule has 0 amide bonds. The summed E-state index contributed by atoms with van der Waals surface area (Å²) in [6, 6.07) is 12.3. The summed E-state index contributed by atoms with van der Waals surface area (Å²) in [5.41, 5.74) is 5.31. The van der Waals surface area contributed by atoms with Gasteiger partial charge in [-0.2, -0.15) is 5.10 Å². The van der Waals surface area contributed by atoms with E-state index in [1.807, 2.05) is 29.1 Å². The quantitative estimate of drug-likeness (QED) is 0.501. The first-order valence-electron chi connectivity index (χ1n) is 9.81. The molecule has 7 nitrogen and oxygen atoms in total. The number of benzene rings is 2. The monoisotopic (exact) mass is 403 g/mol. The molecule has 0 aliphatic rings. The van der Waals surface area contributed by atoms with Gasteiger partial charge in [-0.15, -0.1) is 0 Å². The highest BCUT2D eigenvalue weighted by Gasteiger charge is 2.12. The first-order chi connectivity index (χ1) is 14.6. The van der Waals surface area contributed by atoms with Gasteiger partial charge >= 0.3 is 0 Å². The zero-order valence-electron chi connectivity index (χ0n) is 17.6. The maximum atomic E-state index is 5.38. The molecule has 0 radical (unpaired) electrons. The number of aryl methyl sites for hydroxylation is 2. The normalized spacial score (nSPS) is 10.9. The Balaban J connectivity index is 1.54. The molecule has 2 aromatic carbocycles. The first kappa shape index (κ1) is 19.7. The van der Waals surface area contributed by atoms with E-state index in [4.69, 9.17) is 9.47 Å². The number of methoxy groups -OCH3 is 2. The van der Waals surface area contributed by atoms with Gasteiger partial charge in [0, 0.05) is 6.54 Å². The summed E-state index contributed by atoms with van der Waals surface area (Å²) < 4.78 is 12.5. The Bertz CT molecular complexity index is 1170. The molecule has 0 aliphatic heterocycles. The molecule has 4 aromatic rings.